The summed E-state index contributed by atoms with van der Waals surface area (Å²) in [7, 11) is -5.02. The van der Waals surface area contributed by atoms with Gasteiger partial charge in [-0.25, -0.2) is 8.42 Å². The van der Waals surface area contributed by atoms with Gasteiger partial charge in [0.25, 0.3) is 0 Å². The number of hydrogen-bond acceptors (Lipinski definition) is 7. The van der Waals surface area contributed by atoms with Crippen molar-refractivity contribution in [1.29, 1.82) is 0 Å². The number of hydrogen-bond donors (Lipinski definition) is 0. The molecule has 0 bridgehead atoms. The van der Waals surface area contributed by atoms with Crippen LogP contribution in [0.3, 0.4) is 0 Å². The standard InChI is InChI=1S/C20H38O7S.Na/c1-5-9-16(10-6-2)14-26-19(21)13-18(28(23,24)25)20(22)27-15-17(11-7-3)12-8-4;/h16-18H,5-15H2,1-4H3,(H,23,24,25);/q;+1/p-1. The quantitative estimate of drug-likeness (QED) is 0.197. The fourth-order valence-electron chi connectivity index (χ4n) is 3.27. The second kappa shape index (κ2) is 17.5. The fourth-order valence-corrected chi connectivity index (χ4v) is 3.92. The van der Waals surface area contributed by atoms with Crippen LogP contribution in [0.2, 0.25) is 0 Å². The molecule has 0 saturated carbocycles. The summed E-state index contributed by atoms with van der Waals surface area (Å²) in [4.78, 5) is 24.2. The first-order valence-electron chi connectivity index (χ1n) is 10.5. The van der Waals surface area contributed by atoms with E-state index in [-0.39, 0.29) is 54.6 Å². The average molecular weight is 445 g/mol. The first-order valence-corrected chi connectivity index (χ1v) is 11.9. The molecule has 0 N–H and O–H groups in total. The molecule has 0 spiro atoms. The second-order valence-corrected chi connectivity index (χ2v) is 8.94. The van der Waals surface area contributed by atoms with Gasteiger partial charge in [-0.1, -0.05) is 53.4 Å². The van der Waals surface area contributed by atoms with E-state index in [2.05, 4.69) is 0 Å². The normalized spacial score (nSPS) is 12.5. The SMILES string of the molecule is CCCC(CCC)COC(=O)CC(C(=O)OCC(CCC)CCC)S(=O)(=O)[O-].[Na+]. The van der Waals surface area contributed by atoms with Crippen LogP contribution in [0.1, 0.15) is 85.5 Å². The van der Waals surface area contributed by atoms with E-state index in [1.54, 1.807) is 0 Å². The Labute approximate surface area is 198 Å². The van der Waals surface area contributed by atoms with Crippen molar-refractivity contribution in [3.05, 3.63) is 0 Å². The third kappa shape index (κ3) is 14.5. The molecule has 0 aliphatic carbocycles. The van der Waals surface area contributed by atoms with E-state index in [1.165, 1.54) is 0 Å². The number of carbonyl (C=O) groups excluding carboxylic acids is 2. The van der Waals surface area contributed by atoms with Crippen LogP contribution in [0.5, 0.6) is 0 Å². The van der Waals surface area contributed by atoms with Gasteiger partial charge < -0.3 is 14.0 Å². The largest absolute Gasteiger partial charge is 1.00 e. The number of esters is 2. The van der Waals surface area contributed by atoms with Crippen LogP contribution in [0, 0.1) is 11.8 Å². The minimum absolute atomic E-state index is 0. The van der Waals surface area contributed by atoms with Crippen LogP contribution in [0.25, 0.3) is 0 Å². The van der Waals surface area contributed by atoms with Gasteiger partial charge in [-0.15, -0.1) is 0 Å². The fraction of sp³-hybridized carbons (Fsp3) is 0.900. The molecule has 0 heterocycles. The van der Waals surface area contributed by atoms with E-state index in [1.807, 2.05) is 27.7 Å². The summed E-state index contributed by atoms with van der Waals surface area (Å²) in [5.74, 6) is -1.72. The molecule has 0 aromatic carbocycles. The van der Waals surface area contributed by atoms with Crippen molar-refractivity contribution in [1.82, 2.24) is 0 Å². The Morgan fingerprint density at radius 2 is 1.17 bits per heavy atom. The molecule has 0 fully saturated rings. The van der Waals surface area contributed by atoms with Crippen molar-refractivity contribution in [2.75, 3.05) is 13.2 Å². The van der Waals surface area contributed by atoms with Crippen LogP contribution in [0.4, 0.5) is 0 Å². The molecule has 1 atom stereocenters. The zero-order chi connectivity index (χ0) is 21.6. The van der Waals surface area contributed by atoms with E-state index in [4.69, 9.17) is 9.47 Å². The third-order valence-electron chi connectivity index (χ3n) is 4.69. The molecule has 0 aromatic rings. The van der Waals surface area contributed by atoms with Crippen molar-refractivity contribution < 1.29 is 61.6 Å². The Balaban J connectivity index is 0. The summed E-state index contributed by atoms with van der Waals surface area (Å²) < 4.78 is 44.7. The van der Waals surface area contributed by atoms with E-state index in [0.717, 1.165) is 51.4 Å². The first kappa shape index (κ1) is 31.0. The predicted octanol–water partition coefficient (Wildman–Crippen LogP) is 0.814. The van der Waals surface area contributed by atoms with Crippen molar-refractivity contribution in [2.24, 2.45) is 11.8 Å². The molecule has 0 amide bonds. The minimum Gasteiger partial charge on any atom is -0.747 e. The molecule has 0 rings (SSSR count). The third-order valence-corrected chi connectivity index (χ3v) is 5.75. The van der Waals surface area contributed by atoms with Crippen LogP contribution < -0.4 is 29.6 Å². The summed E-state index contributed by atoms with van der Waals surface area (Å²) in [5, 5.41) is -2.06. The molecule has 0 saturated heterocycles. The monoisotopic (exact) mass is 444 g/mol. The van der Waals surface area contributed by atoms with Gasteiger partial charge in [-0.3, -0.25) is 9.59 Å². The van der Waals surface area contributed by atoms with Crippen molar-refractivity contribution >= 4 is 22.1 Å². The zero-order valence-electron chi connectivity index (χ0n) is 18.8. The maximum atomic E-state index is 12.2. The predicted molar refractivity (Wildman–Crippen MR) is 107 cm³/mol. The van der Waals surface area contributed by atoms with Gasteiger partial charge in [0.1, 0.15) is 10.1 Å². The zero-order valence-corrected chi connectivity index (χ0v) is 21.6. The summed E-state index contributed by atoms with van der Waals surface area (Å²) in [5.41, 5.74) is 0. The molecule has 0 aromatic heterocycles. The Bertz CT molecular complexity index is 539. The van der Waals surface area contributed by atoms with Gasteiger partial charge >= 0.3 is 41.5 Å². The molecule has 0 aliphatic heterocycles. The van der Waals surface area contributed by atoms with Crippen molar-refractivity contribution in [3.63, 3.8) is 0 Å². The van der Waals surface area contributed by atoms with E-state index in [9.17, 15) is 22.6 Å². The summed E-state index contributed by atoms with van der Waals surface area (Å²) in [6.45, 7) is 8.30. The van der Waals surface area contributed by atoms with Crippen molar-refractivity contribution in [3.8, 4) is 0 Å². The maximum Gasteiger partial charge on any atom is 1.00 e. The second-order valence-electron chi connectivity index (χ2n) is 7.39. The van der Waals surface area contributed by atoms with Gasteiger partial charge in [0.2, 0.25) is 0 Å². The van der Waals surface area contributed by atoms with Crippen LogP contribution in [-0.2, 0) is 29.2 Å². The minimum atomic E-state index is -5.02. The van der Waals surface area contributed by atoms with Crippen LogP contribution in [-0.4, -0.2) is 43.4 Å². The molecule has 9 heteroatoms. The van der Waals surface area contributed by atoms with E-state index in [0.29, 0.717) is 0 Å². The average Bonchev–Trinajstić information content (AvgIpc) is 2.61. The molecule has 0 aliphatic rings. The number of ether oxygens (including phenoxy) is 2. The molecule has 0 radical (unpaired) electrons. The molecule has 7 nitrogen and oxygen atoms in total. The summed E-state index contributed by atoms with van der Waals surface area (Å²) >= 11 is 0. The Kier molecular flexibility index (Phi) is 18.8. The van der Waals surface area contributed by atoms with E-state index < -0.39 is 33.7 Å². The molecular formula is C20H37NaO7S. The molecule has 1 unspecified atom stereocenters. The van der Waals surface area contributed by atoms with Gasteiger partial charge in [-0.2, -0.15) is 0 Å². The van der Waals surface area contributed by atoms with Gasteiger partial charge in [0, 0.05) is 0 Å². The number of rotatable bonds is 16. The maximum absolute atomic E-state index is 12.2. The Hall–Kier alpha value is -0.150. The Morgan fingerprint density at radius 1 is 0.793 bits per heavy atom. The van der Waals surface area contributed by atoms with Crippen LogP contribution >= 0.6 is 0 Å². The van der Waals surface area contributed by atoms with Gasteiger partial charge in [0.15, 0.2) is 5.25 Å². The number of carbonyl (C=O) groups is 2. The van der Waals surface area contributed by atoms with Crippen LogP contribution in [0.15, 0.2) is 0 Å². The Morgan fingerprint density at radius 3 is 1.52 bits per heavy atom. The van der Waals surface area contributed by atoms with Gasteiger partial charge in [0.05, 0.1) is 19.6 Å². The molecule has 166 valence electrons. The molecular weight excluding hydrogens is 407 g/mol. The first-order chi connectivity index (χ1) is 13.2. The van der Waals surface area contributed by atoms with Crippen molar-refractivity contribution in [2.45, 2.75) is 90.7 Å². The molecule has 29 heavy (non-hydrogen) atoms. The topological polar surface area (TPSA) is 110 Å². The smallest absolute Gasteiger partial charge is 0.747 e. The summed E-state index contributed by atoms with van der Waals surface area (Å²) in [6.07, 6.45) is 6.38. The van der Waals surface area contributed by atoms with E-state index >= 15 is 0 Å². The van der Waals surface area contributed by atoms with Gasteiger partial charge in [-0.05, 0) is 37.5 Å². The summed E-state index contributed by atoms with van der Waals surface area (Å²) in [6, 6.07) is 0.